The first-order valence-electron chi connectivity index (χ1n) is 4.75. The van der Waals surface area contributed by atoms with E-state index in [1.807, 2.05) is 19.2 Å². The second-order valence-electron chi connectivity index (χ2n) is 3.52. The van der Waals surface area contributed by atoms with E-state index < -0.39 is 12.7 Å². The SMILES string of the molecule is CC(C)Nc1nc(Cl)nc(NCC(F)(F)F)n1. The van der Waals surface area contributed by atoms with E-state index >= 15 is 0 Å². The normalized spacial score (nSPS) is 11.7. The third kappa shape index (κ3) is 5.53. The van der Waals surface area contributed by atoms with Crippen LogP contribution in [0.3, 0.4) is 0 Å². The van der Waals surface area contributed by atoms with Gasteiger partial charge in [-0.3, -0.25) is 0 Å². The van der Waals surface area contributed by atoms with Gasteiger partial charge in [0.1, 0.15) is 6.54 Å². The fourth-order valence-electron chi connectivity index (χ4n) is 0.931. The third-order valence-electron chi connectivity index (χ3n) is 1.47. The van der Waals surface area contributed by atoms with Crippen LogP contribution in [0, 0.1) is 0 Å². The van der Waals surface area contributed by atoms with Crippen LogP contribution >= 0.6 is 11.6 Å². The summed E-state index contributed by atoms with van der Waals surface area (Å²) in [6.07, 6.45) is -4.34. The molecule has 0 atom stereocenters. The number of hydrogen-bond donors (Lipinski definition) is 2. The van der Waals surface area contributed by atoms with Crippen molar-refractivity contribution in [1.82, 2.24) is 15.0 Å². The number of aromatic nitrogens is 3. The summed E-state index contributed by atoms with van der Waals surface area (Å²) in [4.78, 5) is 11.0. The highest BCUT2D eigenvalue weighted by Gasteiger charge is 2.27. The molecule has 96 valence electrons. The van der Waals surface area contributed by atoms with Gasteiger partial charge in [-0.05, 0) is 25.4 Å². The minimum absolute atomic E-state index is 0.0314. The molecule has 0 saturated heterocycles. The number of rotatable bonds is 4. The van der Waals surface area contributed by atoms with Crippen LogP contribution in [0.4, 0.5) is 25.1 Å². The van der Waals surface area contributed by atoms with E-state index in [0.717, 1.165) is 0 Å². The van der Waals surface area contributed by atoms with E-state index in [-0.39, 0.29) is 23.2 Å². The van der Waals surface area contributed by atoms with Gasteiger partial charge in [-0.15, -0.1) is 0 Å². The van der Waals surface area contributed by atoms with E-state index in [9.17, 15) is 13.2 Å². The predicted molar refractivity (Wildman–Crippen MR) is 58.1 cm³/mol. The molecule has 1 rings (SSSR count). The number of halogens is 4. The Kier molecular flexibility index (Phi) is 4.33. The Bertz CT molecular complexity index is 382. The van der Waals surface area contributed by atoms with E-state index in [2.05, 4.69) is 20.3 Å². The van der Waals surface area contributed by atoms with Gasteiger partial charge < -0.3 is 10.6 Å². The largest absolute Gasteiger partial charge is 0.405 e. The zero-order valence-electron chi connectivity index (χ0n) is 9.14. The monoisotopic (exact) mass is 269 g/mol. The molecule has 0 fully saturated rings. The van der Waals surface area contributed by atoms with Crippen molar-refractivity contribution in [1.29, 1.82) is 0 Å². The molecule has 0 aliphatic rings. The molecular formula is C8H11ClF3N5. The summed E-state index contributed by atoms with van der Waals surface area (Å²) in [6.45, 7) is 2.44. The third-order valence-corrected chi connectivity index (χ3v) is 1.64. The Balaban J connectivity index is 2.75. The van der Waals surface area contributed by atoms with Crippen LogP contribution in [0.5, 0.6) is 0 Å². The van der Waals surface area contributed by atoms with Gasteiger partial charge in [-0.2, -0.15) is 28.1 Å². The van der Waals surface area contributed by atoms with Crippen LogP contribution in [-0.4, -0.2) is 33.7 Å². The molecular weight excluding hydrogens is 259 g/mol. The molecule has 0 saturated carbocycles. The Morgan fingerprint density at radius 3 is 2.29 bits per heavy atom. The number of hydrogen-bond acceptors (Lipinski definition) is 5. The fourth-order valence-corrected chi connectivity index (χ4v) is 1.09. The van der Waals surface area contributed by atoms with Crippen LogP contribution < -0.4 is 10.6 Å². The van der Waals surface area contributed by atoms with Crippen molar-refractivity contribution in [3.05, 3.63) is 5.28 Å². The highest BCUT2D eigenvalue weighted by atomic mass is 35.5. The standard InChI is InChI=1S/C8H11ClF3N5/c1-4(2)14-7-16-5(9)15-6(17-7)13-3-8(10,11)12/h4H,3H2,1-2H3,(H2,13,14,15,16,17). The van der Waals surface area contributed by atoms with Gasteiger partial charge in [0.05, 0.1) is 0 Å². The Hall–Kier alpha value is -1.31. The lowest BCUT2D eigenvalue weighted by Crippen LogP contribution is -2.23. The zero-order valence-corrected chi connectivity index (χ0v) is 9.89. The van der Waals surface area contributed by atoms with Crippen LogP contribution in [0.1, 0.15) is 13.8 Å². The van der Waals surface area contributed by atoms with Crippen molar-refractivity contribution in [2.45, 2.75) is 26.1 Å². The van der Waals surface area contributed by atoms with E-state index in [1.165, 1.54) is 0 Å². The van der Waals surface area contributed by atoms with Crippen LogP contribution in [0.2, 0.25) is 5.28 Å². The van der Waals surface area contributed by atoms with Gasteiger partial charge in [0.2, 0.25) is 17.2 Å². The number of alkyl halides is 3. The average molecular weight is 270 g/mol. The lowest BCUT2D eigenvalue weighted by Gasteiger charge is -2.11. The van der Waals surface area contributed by atoms with Gasteiger partial charge in [-0.25, -0.2) is 0 Å². The first-order valence-corrected chi connectivity index (χ1v) is 5.13. The summed E-state index contributed by atoms with van der Waals surface area (Å²) < 4.78 is 35.9. The fraction of sp³-hybridized carbons (Fsp3) is 0.625. The molecule has 0 spiro atoms. The Morgan fingerprint density at radius 1 is 1.18 bits per heavy atom. The van der Waals surface area contributed by atoms with Gasteiger partial charge in [0, 0.05) is 6.04 Å². The molecule has 0 unspecified atom stereocenters. The van der Waals surface area contributed by atoms with Crippen molar-refractivity contribution < 1.29 is 13.2 Å². The second kappa shape index (κ2) is 5.35. The lowest BCUT2D eigenvalue weighted by molar-refractivity contribution is -0.115. The summed E-state index contributed by atoms with van der Waals surface area (Å²) in [6, 6.07) is 0.0314. The maximum Gasteiger partial charge on any atom is 0.405 e. The van der Waals surface area contributed by atoms with Crippen molar-refractivity contribution in [3.63, 3.8) is 0 Å². The predicted octanol–water partition coefficient (Wildman–Crippen LogP) is 2.32. The Morgan fingerprint density at radius 2 is 1.76 bits per heavy atom. The maximum atomic E-state index is 12.0. The summed E-state index contributed by atoms with van der Waals surface area (Å²) in [5.41, 5.74) is 0. The molecule has 2 N–H and O–H groups in total. The molecule has 0 aliphatic carbocycles. The topological polar surface area (TPSA) is 62.7 Å². The van der Waals surface area contributed by atoms with Gasteiger partial charge in [-0.1, -0.05) is 0 Å². The smallest absolute Gasteiger partial charge is 0.352 e. The molecule has 1 aromatic heterocycles. The quantitative estimate of drug-likeness (QED) is 0.878. The molecule has 17 heavy (non-hydrogen) atoms. The molecule has 0 aliphatic heterocycles. The van der Waals surface area contributed by atoms with Crippen molar-refractivity contribution in [2.75, 3.05) is 17.2 Å². The molecule has 0 radical (unpaired) electrons. The van der Waals surface area contributed by atoms with Crippen LogP contribution in [0.15, 0.2) is 0 Å². The number of anilines is 2. The summed E-state index contributed by atoms with van der Waals surface area (Å²) >= 11 is 5.56. The molecule has 5 nitrogen and oxygen atoms in total. The highest BCUT2D eigenvalue weighted by Crippen LogP contribution is 2.16. The van der Waals surface area contributed by atoms with E-state index in [4.69, 9.17) is 11.6 Å². The van der Waals surface area contributed by atoms with Crippen molar-refractivity contribution >= 4 is 23.5 Å². The van der Waals surface area contributed by atoms with Crippen LogP contribution in [-0.2, 0) is 0 Å². The molecule has 0 bridgehead atoms. The lowest BCUT2D eigenvalue weighted by atomic mass is 10.4. The minimum Gasteiger partial charge on any atom is -0.352 e. The average Bonchev–Trinajstić information content (AvgIpc) is 2.11. The number of nitrogens with zero attached hydrogens (tertiary/aromatic N) is 3. The molecule has 9 heteroatoms. The second-order valence-corrected chi connectivity index (χ2v) is 3.86. The summed E-state index contributed by atoms with van der Waals surface area (Å²) in [7, 11) is 0. The van der Waals surface area contributed by atoms with Crippen molar-refractivity contribution in [3.8, 4) is 0 Å². The van der Waals surface area contributed by atoms with Gasteiger partial charge in [0.15, 0.2) is 0 Å². The van der Waals surface area contributed by atoms with Gasteiger partial charge >= 0.3 is 6.18 Å². The zero-order chi connectivity index (χ0) is 13.1. The number of nitrogens with one attached hydrogen (secondary N) is 2. The Labute approximate surface area is 101 Å². The van der Waals surface area contributed by atoms with E-state index in [0.29, 0.717) is 0 Å². The van der Waals surface area contributed by atoms with E-state index in [1.54, 1.807) is 0 Å². The molecule has 1 aromatic rings. The maximum absolute atomic E-state index is 12.0. The van der Waals surface area contributed by atoms with Crippen LogP contribution in [0.25, 0.3) is 0 Å². The minimum atomic E-state index is -4.34. The molecule has 0 aromatic carbocycles. The summed E-state index contributed by atoms with van der Waals surface area (Å²) in [5, 5.41) is 4.67. The first-order chi connectivity index (χ1) is 7.76. The van der Waals surface area contributed by atoms with Gasteiger partial charge in [0.25, 0.3) is 0 Å². The first kappa shape index (κ1) is 13.8. The molecule has 0 amide bonds. The highest BCUT2D eigenvalue weighted by molar-refractivity contribution is 6.28. The van der Waals surface area contributed by atoms with Crippen molar-refractivity contribution in [2.24, 2.45) is 0 Å². The molecule has 1 heterocycles. The summed E-state index contributed by atoms with van der Waals surface area (Å²) in [5.74, 6) is -0.0878.